The zero-order chi connectivity index (χ0) is 27.8. The van der Waals surface area contributed by atoms with E-state index in [4.69, 9.17) is 25.9 Å². The van der Waals surface area contributed by atoms with Crippen molar-refractivity contribution in [3.05, 3.63) is 28.0 Å². The van der Waals surface area contributed by atoms with E-state index < -0.39 is 5.76 Å². The molecule has 210 valence electrons. The van der Waals surface area contributed by atoms with Crippen LogP contribution in [0.15, 0.2) is 15.5 Å². The molecule has 6 rings (SSSR count). The predicted molar refractivity (Wildman–Crippen MR) is 151 cm³/mol. The number of rotatable bonds is 9. The Bertz CT molecular complexity index is 1590. The average Bonchev–Trinajstić information content (AvgIpc) is 3.58. The lowest BCUT2D eigenvalue weighted by atomic mass is 9.80. The van der Waals surface area contributed by atoms with E-state index in [1.54, 1.807) is 0 Å². The van der Waals surface area contributed by atoms with Gasteiger partial charge in [-0.25, -0.2) is 14.8 Å². The van der Waals surface area contributed by atoms with E-state index in [9.17, 15) is 4.79 Å². The molecule has 2 saturated carbocycles. The Morgan fingerprint density at radius 2 is 2.00 bits per heavy atom. The predicted octanol–water partition coefficient (Wildman–Crippen LogP) is 3.86. The summed E-state index contributed by atoms with van der Waals surface area (Å²) < 4.78 is 8.78. The Balaban J connectivity index is 1.42. The van der Waals surface area contributed by atoms with Crippen LogP contribution in [0, 0.1) is 37.0 Å². The van der Waals surface area contributed by atoms with Crippen LogP contribution >= 0.6 is 0 Å². The monoisotopic (exact) mass is 544 g/mol. The highest BCUT2D eigenvalue weighted by Crippen LogP contribution is 2.35. The van der Waals surface area contributed by atoms with Gasteiger partial charge in [0, 0.05) is 43.9 Å². The smallest absolute Gasteiger partial charge is 0.365 e. The van der Waals surface area contributed by atoms with Crippen molar-refractivity contribution < 1.29 is 4.52 Å². The van der Waals surface area contributed by atoms with E-state index in [0.29, 0.717) is 35.8 Å². The van der Waals surface area contributed by atoms with Crippen molar-refractivity contribution in [1.82, 2.24) is 39.4 Å². The first-order valence-corrected chi connectivity index (χ1v) is 14.2. The minimum absolute atomic E-state index is 0.175. The van der Waals surface area contributed by atoms with Gasteiger partial charge in [0.25, 0.3) is 0 Å². The second-order valence-corrected chi connectivity index (χ2v) is 11.3. The molecule has 2 aliphatic carbocycles. The third-order valence-corrected chi connectivity index (χ3v) is 8.55. The Morgan fingerprint density at radius 3 is 2.62 bits per heavy atom. The molecule has 0 aliphatic heterocycles. The third kappa shape index (κ3) is 5.20. The van der Waals surface area contributed by atoms with Crippen LogP contribution in [-0.4, -0.2) is 45.5 Å². The second kappa shape index (κ2) is 10.8. The standard InChI is InChI=1S/C28H36N10O2/c1-5-18-9-11-19(12-10-18)14-38-22-23(30-16(2)20-7-6-8-20)31-25(26-34-28(39)40-36-26)32-24(22)33-27(38)29-13-21-15-37(4)35-17(21)3/h1,15-16,18-20H,6-14H2,2-4H3,(H,34,36,39)(H2,29,30,31,32,33)/t16-,18-,19-/m1/s1. The summed E-state index contributed by atoms with van der Waals surface area (Å²) >= 11 is 0. The molecule has 4 aromatic heterocycles. The maximum atomic E-state index is 11.7. The number of hydrogen-bond acceptors (Lipinski definition) is 9. The van der Waals surface area contributed by atoms with Crippen LogP contribution in [0.25, 0.3) is 22.8 Å². The van der Waals surface area contributed by atoms with Gasteiger partial charge in [0.15, 0.2) is 11.5 Å². The number of nitrogens with zero attached hydrogens (tertiary/aromatic N) is 7. The van der Waals surface area contributed by atoms with Crippen molar-refractivity contribution in [2.75, 3.05) is 10.6 Å². The SMILES string of the molecule is C#C[C@H]1CC[C@H](Cn2c(NCc3cn(C)nc3C)nc3nc(-c4noc(=O)[nH]4)nc(N[C@H](C)C4CCC4)c32)CC1. The summed E-state index contributed by atoms with van der Waals surface area (Å²) in [5, 5.41) is 15.5. The lowest BCUT2D eigenvalue weighted by Crippen LogP contribution is -2.31. The van der Waals surface area contributed by atoms with Gasteiger partial charge in [0.2, 0.25) is 17.6 Å². The molecule has 4 aromatic rings. The molecular formula is C28H36N10O2. The molecule has 40 heavy (non-hydrogen) atoms. The third-order valence-electron chi connectivity index (χ3n) is 8.55. The Kier molecular flexibility index (Phi) is 7.04. The first-order chi connectivity index (χ1) is 19.4. The molecule has 12 heteroatoms. The molecule has 0 spiro atoms. The van der Waals surface area contributed by atoms with Gasteiger partial charge in [-0.2, -0.15) is 10.1 Å². The number of aromatic amines is 1. The molecule has 0 saturated heterocycles. The summed E-state index contributed by atoms with van der Waals surface area (Å²) in [6.07, 6.45) is 15.6. The fraction of sp³-hybridized carbons (Fsp3) is 0.571. The summed E-state index contributed by atoms with van der Waals surface area (Å²) in [7, 11) is 1.92. The van der Waals surface area contributed by atoms with Gasteiger partial charge >= 0.3 is 5.76 Å². The number of aromatic nitrogens is 8. The largest absolute Gasteiger partial charge is 0.439 e. The highest BCUT2D eigenvalue weighted by molar-refractivity contribution is 5.87. The minimum Gasteiger partial charge on any atom is -0.365 e. The van der Waals surface area contributed by atoms with E-state index in [0.717, 1.165) is 55.0 Å². The van der Waals surface area contributed by atoms with Crippen LogP contribution in [0.4, 0.5) is 11.8 Å². The summed E-state index contributed by atoms with van der Waals surface area (Å²) in [4.78, 5) is 28.8. The maximum Gasteiger partial charge on any atom is 0.439 e. The summed E-state index contributed by atoms with van der Waals surface area (Å²) in [5.41, 5.74) is 3.43. The van der Waals surface area contributed by atoms with Gasteiger partial charge in [-0.05, 0) is 64.2 Å². The van der Waals surface area contributed by atoms with Crippen LogP contribution in [0.3, 0.4) is 0 Å². The molecule has 0 amide bonds. The lowest BCUT2D eigenvalue weighted by Gasteiger charge is -2.32. The quantitative estimate of drug-likeness (QED) is 0.267. The number of anilines is 2. The Hall–Kier alpha value is -4.14. The molecule has 2 fully saturated rings. The van der Waals surface area contributed by atoms with Gasteiger partial charge in [-0.15, -0.1) is 12.3 Å². The minimum atomic E-state index is -0.654. The highest BCUT2D eigenvalue weighted by Gasteiger charge is 2.28. The van der Waals surface area contributed by atoms with Gasteiger partial charge < -0.3 is 15.2 Å². The molecule has 0 bridgehead atoms. The number of nitrogens with one attached hydrogen (secondary N) is 3. The number of hydrogen-bond donors (Lipinski definition) is 3. The molecular weight excluding hydrogens is 508 g/mol. The van der Waals surface area contributed by atoms with Crippen LogP contribution in [0.2, 0.25) is 0 Å². The number of fused-ring (bicyclic) bond motifs is 1. The number of terminal acetylenes is 1. The zero-order valence-electron chi connectivity index (χ0n) is 23.3. The van der Waals surface area contributed by atoms with Crippen LogP contribution in [0.1, 0.15) is 63.1 Å². The van der Waals surface area contributed by atoms with Crippen molar-refractivity contribution >= 4 is 22.9 Å². The van der Waals surface area contributed by atoms with Gasteiger partial charge in [-0.3, -0.25) is 14.2 Å². The topological polar surface area (TPSA) is 144 Å². The van der Waals surface area contributed by atoms with E-state index in [1.165, 1.54) is 19.3 Å². The van der Waals surface area contributed by atoms with E-state index in [-0.39, 0.29) is 17.7 Å². The van der Waals surface area contributed by atoms with Gasteiger partial charge in [0.05, 0.1) is 5.69 Å². The molecule has 0 aromatic carbocycles. The molecule has 3 N–H and O–H groups in total. The normalized spacial score (nSPS) is 20.2. The number of imidazole rings is 1. The van der Waals surface area contributed by atoms with E-state index in [1.807, 2.05) is 24.9 Å². The van der Waals surface area contributed by atoms with Gasteiger partial charge in [-0.1, -0.05) is 11.6 Å². The number of H-pyrrole nitrogens is 1. The maximum absolute atomic E-state index is 11.7. The number of aryl methyl sites for hydroxylation is 2. The highest BCUT2D eigenvalue weighted by atomic mass is 16.5. The molecule has 4 heterocycles. The Labute approximate surface area is 232 Å². The molecule has 2 aliphatic rings. The molecule has 0 unspecified atom stereocenters. The fourth-order valence-corrected chi connectivity index (χ4v) is 5.92. The van der Waals surface area contributed by atoms with Crippen LogP contribution in [0.5, 0.6) is 0 Å². The first kappa shape index (κ1) is 26.1. The summed E-state index contributed by atoms with van der Waals surface area (Å²) in [6.45, 7) is 5.55. The van der Waals surface area contributed by atoms with Crippen molar-refractivity contribution in [2.45, 2.75) is 77.9 Å². The molecule has 12 nitrogen and oxygen atoms in total. The average molecular weight is 545 g/mol. The molecule has 0 radical (unpaired) electrons. The second-order valence-electron chi connectivity index (χ2n) is 11.3. The van der Waals surface area contributed by atoms with E-state index in [2.05, 4.69) is 43.3 Å². The lowest BCUT2D eigenvalue weighted by molar-refractivity contribution is 0.284. The fourth-order valence-electron chi connectivity index (χ4n) is 5.92. The first-order valence-electron chi connectivity index (χ1n) is 14.2. The zero-order valence-corrected chi connectivity index (χ0v) is 23.3. The van der Waals surface area contributed by atoms with E-state index >= 15 is 0 Å². The van der Waals surface area contributed by atoms with Crippen LogP contribution < -0.4 is 16.4 Å². The van der Waals surface area contributed by atoms with Crippen molar-refractivity contribution in [3.8, 4) is 24.0 Å². The molecule has 1 atom stereocenters. The van der Waals surface area contributed by atoms with Crippen LogP contribution in [-0.2, 0) is 20.1 Å². The van der Waals surface area contributed by atoms with Gasteiger partial charge in [0.1, 0.15) is 5.52 Å². The Morgan fingerprint density at radius 1 is 1.20 bits per heavy atom. The van der Waals surface area contributed by atoms with Crippen molar-refractivity contribution in [3.63, 3.8) is 0 Å². The summed E-state index contributed by atoms with van der Waals surface area (Å²) in [5.74, 6) is 5.52. The summed E-state index contributed by atoms with van der Waals surface area (Å²) in [6, 6.07) is 0.222. The van der Waals surface area contributed by atoms with Crippen molar-refractivity contribution in [1.29, 1.82) is 0 Å². The van der Waals surface area contributed by atoms with Crippen molar-refractivity contribution in [2.24, 2.45) is 24.8 Å².